The maximum Gasteiger partial charge on any atom is 0.264 e. The number of halogens is 2. The largest absolute Gasteiger partial charge is 0.494 e. The van der Waals surface area contributed by atoms with E-state index < -0.39 is 0 Å². The molecular weight excluding hydrogens is 484 g/mol. The lowest BCUT2D eigenvalue weighted by Crippen LogP contribution is -2.20. The van der Waals surface area contributed by atoms with Crippen LogP contribution in [0.4, 0.5) is 5.13 Å². The Morgan fingerprint density at radius 3 is 2.81 bits per heavy atom. The monoisotopic (exact) mass is 498 g/mol. The lowest BCUT2D eigenvalue weighted by molar-refractivity contribution is -0.118. The molecule has 8 heteroatoms. The molecule has 3 aromatic rings. The molecule has 0 fully saturated rings. The van der Waals surface area contributed by atoms with Crippen molar-refractivity contribution in [1.29, 1.82) is 0 Å². The molecule has 0 atom stereocenters. The molecule has 1 heterocycles. The van der Waals surface area contributed by atoms with Crippen LogP contribution in [0.15, 0.2) is 45.3 Å². The number of aromatic nitrogens is 1. The summed E-state index contributed by atoms with van der Waals surface area (Å²) in [6.07, 6.45) is 0.955. The molecule has 0 saturated carbocycles. The normalized spacial score (nSPS) is 10.7. The van der Waals surface area contributed by atoms with Crippen LogP contribution < -0.4 is 14.8 Å². The van der Waals surface area contributed by atoms with Crippen LogP contribution in [0.25, 0.3) is 10.2 Å². The van der Waals surface area contributed by atoms with Gasteiger partial charge in [-0.05, 0) is 58.7 Å². The molecule has 1 amide bonds. The molecule has 3 rings (SSSR count). The van der Waals surface area contributed by atoms with Crippen LogP contribution >= 0.6 is 43.2 Å². The van der Waals surface area contributed by atoms with Crippen molar-refractivity contribution in [3.8, 4) is 11.5 Å². The van der Waals surface area contributed by atoms with Gasteiger partial charge in [-0.2, -0.15) is 0 Å². The zero-order valence-corrected chi connectivity index (χ0v) is 17.9. The molecule has 0 aliphatic heterocycles. The van der Waals surface area contributed by atoms with E-state index in [-0.39, 0.29) is 12.5 Å². The predicted molar refractivity (Wildman–Crippen MR) is 111 cm³/mol. The first-order valence-corrected chi connectivity index (χ1v) is 10.4. The second kappa shape index (κ2) is 8.83. The molecule has 0 saturated heterocycles. The summed E-state index contributed by atoms with van der Waals surface area (Å²) in [5, 5.41) is 3.31. The van der Waals surface area contributed by atoms with Crippen molar-refractivity contribution in [3.63, 3.8) is 0 Å². The third-order valence-electron chi connectivity index (χ3n) is 3.33. The van der Waals surface area contributed by atoms with Gasteiger partial charge >= 0.3 is 0 Å². The first kappa shape index (κ1) is 19.1. The second-order valence-corrected chi connectivity index (χ2v) is 8.21. The number of fused-ring (bicyclic) bond motifs is 1. The smallest absolute Gasteiger partial charge is 0.264 e. The summed E-state index contributed by atoms with van der Waals surface area (Å²) in [6, 6.07) is 11.2. The van der Waals surface area contributed by atoms with Crippen molar-refractivity contribution >= 4 is 64.5 Å². The number of nitrogens with one attached hydrogen (secondary N) is 1. The highest BCUT2D eigenvalue weighted by atomic mass is 79.9. The van der Waals surface area contributed by atoms with Gasteiger partial charge in [-0.1, -0.05) is 34.2 Å². The summed E-state index contributed by atoms with van der Waals surface area (Å²) in [5.41, 5.74) is 0.825. The van der Waals surface area contributed by atoms with E-state index >= 15 is 0 Å². The molecule has 0 aliphatic rings. The van der Waals surface area contributed by atoms with Crippen LogP contribution in [0, 0.1) is 0 Å². The maximum atomic E-state index is 12.1. The minimum Gasteiger partial charge on any atom is -0.494 e. The fraction of sp³-hybridized carbons (Fsp3) is 0.222. The minimum atomic E-state index is -0.263. The molecule has 0 radical (unpaired) electrons. The van der Waals surface area contributed by atoms with Gasteiger partial charge in [0.15, 0.2) is 11.7 Å². The molecule has 5 nitrogen and oxygen atoms in total. The van der Waals surface area contributed by atoms with Gasteiger partial charge < -0.3 is 9.47 Å². The third-order valence-corrected chi connectivity index (χ3v) is 5.38. The molecule has 0 unspecified atom stereocenters. The molecule has 1 aromatic heterocycles. The highest BCUT2D eigenvalue weighted by Crippen LogP contribution is 2.30. The van der Waals surface area contributed by atoms with E-state index in [1.807, 2.05) is 30.3 Å². The van der Waals surface area contributed by atoms with Gasteiger partial charge in [0.25, 0.3) is 5.91 Å². The first-order valence-electron chi connectivity index (χ1n) is 7.96. The highest BCUT2D eigenvalue weighted by Gasteiger charge is 2.10. The number of hydrogen-bond donors (Lipinski definition) is 1. The van der Waals surface area contributed by atoms with Crippen molar-refractivity contribution in [1.82, 2.24) is 4.98 Å². The number of amides is 1. The summed E-state index contributed by atoms with van der Waals surface area (Å²) >= 11 is 8.18. The van der Waals surface area contributed by atoms with E-state index in [4.69, 9.17) is 9.47 Å². The first-order chi connectivity index (χ1) is 12.5. The average Bonchev–Trinajstić information content (AvgIpc) is 3.00. The Kier molecular flexibility index (Phi) is 6.50. The van der Waals surface area contributed by atoms with Crippen molar-refractivity contribution in [3.05, 3.63) is 45.3 Å². The van der Waals surface area contributed by atoms with Crippen molar-refractivity contribution < 1.29 is 14.3 Å². The van der Waals surface area contributed by atoms with Gasteiger partial charge in [0.1, 0.15) is 11.5 Å². The van der Waals surface area contributed by atoms with Crippen molar-refractivity contribution in [2.75, 3.05) is 18.5 Å². The number of anilines is 1. The van der Waals surface area contributed by atoms with Crippen LogP contribution in [0.2, 0.25) is 0 Å². The molecular formula is C18H16Br2N2O3S. The molecule has 1 N–H and O–H groups in total. The Morgan fingerprint density at radius 1 is 1.19 bits per heavy atom. The number of carbonyl (C=O) groups is 1. The highest BCUT2D eigenvalue weighted by molar-refractivity contribution is 9.11. The van der Waals surface area contributed by atoms with Gasteiger partial charge in [0, 0.05) is 4.47 Å². The maximum absolute atomic E-state index is 12.1. The fourth-order valence-electron chi connectivity index (χ4n) is 2.16. The molecule has 136 valence electrons. The average molecular weight is 500 g/mol. The number of ether oxygens (including phenoxy) is 2. The van der Waals surface area contributed by atoms with Crippen molar-refractivity contribution in [2.24, 2.45) is 0 Å². The zero-order chi connectivity index (χ0) is 18.5. The number of hydrogen-bond acceptors (Lipinski definition) is 5. The summed E-state index contributed by atoms with van der Waals surface area (Å²) in [7, 11) is 0. The number of thiazole rings is 1. The SMILES string of the molecule is CCCOc1ccc2nc(NC(=O)COc3ccc(Br)cc3Br)sc2c1. The van der Waals surface area contributed by atoms with E-state index in [9.17, 15) is 4.79 Å². The summed E-state index contributed by atoms with van der Waals surface area (Å²) < 4.78 is 13.8. The van der Waals surface area contributed by atoms with Crippen LogP contribution in [0.5, 0.6) is 11.5 Å². The topological polar surface area (TPSA) is 60.5 Å². The fourth-order valence-corrected chi connectivity index (χ4v) is 4.23. The summed E-state index contributed by atoms with van der Waals surface area (Å²) in [4.78, 5) is 16.5. The number of rotatable bonds is 7. The van der Waals surface area contributed by atoms with E-state index in [1.54, 1.807) is 6.07 Å². The van der Waals surface area contributed by atoms with E-state index in [0.717, 1.165) is 31.3 Å². The van der Waals surface area contributed by atoms with Crippen LogP contribution in [0.1, 0.15) is 13.3 Å². The lowest BCUT2D eigenvalue weighted by Gasteiger charge is -2.07. The molecule has 0 bridgehead atoms. The lowest BCUT2D eigenvalue weighted by atomic mass is 10.3. The summed E-state index contributed by atoms with van der Waals surface area (Å²) in [5.74, 6) is 1.15. The molecule has 0 spiro atoms. The van der Waals surface area contributed by atoms with Crippen LogP contribution in [-0.4, -0.2) is 24.1 Å². The van der Waals surface area contributed by atoms with Gasteiger partial charge in [-0.25, -0.2) is 4.98 Å². The van der Waals surface area contributed by atoms with Crippen LogP contribution in [-0.2, 0) is 4.79 Å². The predicted octanol–water partition coefficient (Wildman–Crippen LogP) is 5.63. The van der Waals surface area contributed by atoms with E-state index in [0.29, 0.717) is 17.5 Å². The standard InChI is InChI=1S/C18H16Br2N2O3S/c1-2-7-24-12-4-5-14-16(9-12)26-18(21-14)22-17(23)10-25-15-6-3-11(19)8-13(15)20/h3-6,8-9H,2,7,10H2,1H3,(H,21,22,23). The third kappa shape index (κ3) is 4.96. The Morgan fingerprint density at radius 2 is 2.04 bits per heavy atom. The van der Waals surface area contributed by atoms with Gasteiger partial charge in [0.2, 0.25) is 0 Å². The number of nitrogens with zero attached hydrogens (tertiary/aromatic N) is 1. The van der Waals surface area contributed by atoms with Crippen LogP contribution in [0.3, 0.4) is 0 Å². The second-order valence-electron chi connectivity index (χ2n) is 5.41. The zero-order valence-electron chi connectivity index (χ0n) is 13.9. The quantitative estimate of drug-likeness (QED) is 0.457. The Bertz CT molecular complexity index is 930. The number of carbonyl (C=O) groups excluding carboxylic acids is 1. The van der Waals surface area contributed by atoms with E-state index in [2.05, 4.69) is 49.1 Å². The van der Waals surface area contributed by atoms with E-state index in [1.165, 1.54) is 11.3 Å². The van der Waals surface area contributed by atoms with Gasteiger partial charge in [-0.3, -0.25) is 10.1 Å². The Balaban J connectivity index is 1.61. The summed E-state index contributed by atoms with van der Waals surface area (Å²) in [6.45, 7) is 2.64. The molecule has 2 aromatic carbocycles. The Hall–Kier alpha value is -1.64. The van der Waals surface area contributed by atoms with Gasteiger partial charge in [-0.15, -0.1) is 0 Å². The Labute approximate surface area is 172 Å². The van der Waals surface area contributed by atoms with Crippen molar-refractivity contribution in [2.45, 2.75) is 13.3 Å². The minimum absolute atomic E-state index is 0.0962. The van der Waals surface area contributed by atoms with Gasteiger partial charge in [0.05, 0.1) is 21.3 Å². The molecule has 26 heavy (non-hydrogen) atoms. The molecule has 0 aliphatic carbocycles. The number of benzene rings is 2.